The summed E-state index contributed by atoms with van der Waals surface area (Å²) < 4.78 is 0. The molecule has 4 heteroatoms. The lowest BCUT2D eigenvalue weighted by Crippen LogP contribution is -2.58. The summed E-state index contributed by atoms with van der Waals surface area (Å²) in [5.41, 5.74) is 1.55. The Balaban J connectivity index is 2.22. The fraction of sp³-hybridized carbons (Fsp3) is 0.714. The molecule has 0 amide bonds. The zero-order chi connectivity index (χ0) is 13.2. The minimum absolute atomic E-state index is 0.145. The molecule has 2 N–H and O–H groups in total. The fourth-order valence-electron chi connectivity index (χ4n) is 2.91. The molecule has 1 saturated heterocycles. The van der Waals surface area contributed by atoms with Crippen molar-refractivity contribution in [3.05, 3.63) is 21.9 Å². The maximum absolute atomic E-state index is 3.53. The fourth-order valence-corrected chi connectivity index (χ4v) is 4.12. The van der Waals surface area contributed by atoms with Gasteiger partial charge in [-0.25, -0.2) is 0 Å². The first-order chi connectivity index (χ1) is 8.57. The molecule has 1 aromatic heterocycles. The van der Waals surface area contributed by atoms with E-state index >= 15 is 0 Å². The minimum atomic E-state index is 0.145. The molecule has 3 nitrogen and oxygen atoms in total. The molecular weight excluding hydrogens is 242 g/mol. The van der Waals surface area contributed by atoms with Gasteiger partial charge in [-0.1, -0.05) is 0 Å². The first-order valence-corrected chi connectivity index (χ1v) is 7.62. The molecule has 1 atom stereocenters. The van der Waals surface area contributed by atoms with Gasteiger partial charge in [0.25, 0.3) is 0 Å². The van der Waals surface area contributed by atoms with Gasteiger partial charge in [0.15, 0.2) is 0 Å². The van der Waals surface area contributed by atoms with Gasteiger partial charge in [-0.15, -0.1) is 11.3 Å². The van der Waals surface area contributed by atoms with Gasteiger partial charge in [0.2, 0.25) is 0 Å². The van der Waals surface area contributed by atoms with Crippen LogP contribution >= 0.6 is 11.3 Å². The lowest BCUT2D eigenvalue weighted by molar-refractivity contribution is 0.0708. The quantitative estimate of drug-likeness (QED) is 0.874. The van der Waals surface area contributed by atoms with Crippen LogP contribution < -0.4 is 10.6 Å². The number of piperazine rings is 1. The summed E-state index contributed by atoms with van der Waals surface area (Å²) in [5, 5.41) is 9.16. The molecule has 1 fully saturated rings. The molecule has 0 bridgehead atoms. The highest BCUT2D eigenvalue weighted by atomic mass is 32.1. The summed E-state index contributed by atoms with van der Waals surface area (Å²) in [6, 6.07) is 2.62. The normalized spacial score (nSPS) is 20.0. The second kappa shape index (κ2) is 5.70. The van der Waals surface area contributed by atoms with Crippen LogP contribution in [-0.4, -0.2) is 43.7 Å². The van der Waals surface area contributed by atoms with Crippen molar-refractivity contribution in [3.63, 3.8) is 0 Å². The van der Waals surface area contributed by atoms with Crippen molar-refractivity contribution in [3.8, 4) is 0 Å². The van der Waals surface area contributed by atoms with Crippen LogP contribution in [-0.2, 0) is 0 Å². The van der Waals surface area contributed by atoms with Crippen LogP contribution in [0.25, 0.3) is 0 Å². The summed E-state index contributed by atoms with van der Waals surface area (Å²) in [7, 11) is 2.08. The highest BCUT2D eigenvalue weighted by Crippen LogP contribution is 2.35. The zero-order valence-electron chi connectivity index (χ0n) is 11.9. The third kappa shape index (κ3) is 2.62. The number of aryl methyl sites for hydroxylation is 1. The lowest BCUT2D eigenvalue weighted by atomic mass is 9.89. The Morgan fingerprint density at radius 2 is 2.06 bits per heavy atom. The minimum Gasteiger partial charge on any atom is -0.314 e. The second-order valence-corrected chi connectivity index (χ2v) is 6.53. The molecule has 0 aliphatic carbocycles. The van der Waals surface area contributed by atoms with Crippen LogP contribution in [0.3, 0.4) is 0 Å². The van der Waals surface area contributed by atoms with E-state index in [1.54, 1.807) is 0 Å². The predicted molar refractivity (Wildman–Crippen MR) is 79.4 cm³/mol. The molecule has 2 heterocycles. The lowest BCUT2D eigenvalue weighted by Gasteiger charge is -2.46. The Morgan fingerprint density at radius 1 is 1.39 bits per heavy atom. The Morgan fingerprint density at radius 3 is 2.56 bits per heavy atom. The van der Waals surface area contributed by atoms with Gasteiger partial charge in [0.05, 0.1) is 6.04 Å². The number of nitrogens with one attached hydrogen (secondary N) is 2. The van der Waals surface area contributed by atoms with Crippen LogP contribution in [0, 0.1) is 6.92 Å². The standard InChI is InChI=1S/C14H25N3S/c1-11-5-10-18-12(11)13(15-4)14(2,3)17-8-6-16-7-9-17/h5,10,13,15-16H,6-9H2,1-4H3. The van der Waals surface area contributed by atoms with Gasteiger partial charge in [0.1, 0.15) is 0 Å². The van der Waals surface area contributed by atoms with Gasteiger partial charge >= 0.3 is 0 Å². The summed E-state index contributed by atoms with van der Waals surface area (Å²) in [5.74, 6) is 0. The molecule has 18 heavy (non-hydrogen) atoms. The predicted octanol–water partition coefficient (Wildman–Crippen LogP) is 2.00. The van der Waals surface area contributed by atoms with Gasteiger partial charge in [-0.05, 0) is 44.8 Å². The second-order valence-electron chi connectivity index (χ2n) is 5.58. The Bertz CT molecular complexity index is 380. The van der Waals surface area contributed by atoms with E-state index in [-0.39, 0.29) is 5.54 Å². The zero-order valence-corrected chi connectivity index (χ0v) is 12.7. The van der Waals surface area contributed by atoms with Crippen LogP contribution in [0.5, 0.6) is 0 Å². The Hall–Kier alpha value is -0.420. The highest BCUT2D eigenvalue weighted by Gasteiger charge is 2.37. The van der Waals surface area contributed by atoms with Crippen molar-refractivity contribution in [2.24, 2.45) is 0 Å². The van der Waals surface area contributed by atoms with Crippen LogP contribution in [0.15, 0.2) is 11.4 Å². The van der Waals surface area contributed by atoms with Crippen LogP contribution in [0.2, 0.25) is 0 Å². The first-order valence-electron chi connectivity index (χ1n) is 6.74. The summed E-state index contributed by atoms with van der Waals surface area (Å²) in [6.45, 7) is 11.4. The molecule has 102 valence electrons. The molecule has 1 unspecified atom stereocenters. The summed E-state index contributed by atoms with van der Waals surface area (Å²) in [6.07, 6.45) is 0. The van der Waals surface area contributed by atoms with Crippen LogP contribution in [0.1, 0.15) is 30.3 Å². The maximum atomic E-state index is 3.53. The van der Waals surface area contributed by atoms with Gasteiger partial charge in [-0.2, -0.15) is 0 Å². The SMILES string of the molecule is CNC(c1sccc1C)C(C)(C)N1CCNCC1. The topological polar surface area (TPSA) is 27.3 Å². The van der Waals surface area contributed by atoms with Crippen LogP contribution in [0.4, 0.5) is 0 Å². The van der Waals surface area contributed by atoms with E-state index in [0.717, 1.165) is 26.2 Å². The highest BCUT2D eigenvalue weighted by molar-refractivity contribution is 7.10. The Labute approximate surface area is 115 Å². The monoisotopic (exact) mass is 267 g/mol. The van der Waals surface area contributed by atoms with Gasteiger partial charge in [-0.3, -0.25) is 4.90 Å². The molecule has 1 aromatic rings. The van der Waals surface area contributed by atoms with Crippen molar-refractivity contribution in [2.75, 3.05) is 33.2 Å². The van der Waals surface area contributed by atoms with Crippen molar-refractivity contribution < 1.29 is 0 Å². The number of hydrogen-bond acceptors (Lipinski definition) is 4. The number of rotatable bonds is 4. The van der Waals surface area contributed by atoms with Crippen molar-refractivity contribution in [2.45, 2.75) is 32.4 Å². The summed E-state index contributed by atoms with van der Waals surface area (Å²) in [4.78, 5) is 4.07. The van der Waals surface area contributed by atoms with E-state index in [9.17, 15) is 0 Å². The molecule has 0 spiro atoms. The molecule has 1 aliphatic rings. The van der Waals surface area contributed by atoms with Gasteiger partial charge in [0, 0.05) is 36.6 Å². The third-order valence-electron chi connectivity index (χ3n) is 4.09. The summed E-state index contributed by atoms with van der Waals surface area (Å²) >= 11 is 1.87. The van der Waals surface area contributed by atoms with E-state index < -0.39 is 0 Å². The number of likely N-dealkylation sites (N-methyl/N-ethyl adjacent to an activating group) is 1. The molecule has 0 radical (unpaired) electrons. The first kappa shape index (κ1) is 14.0. The molecule has 1 aliphatic heterocycles. The van der Waals surface area contributed by atoms with E-state index in [2.05, 4.69) is 54.8 Å². The smallest absolute Gasteiger partial charge is 0.0596 e. The van der Waals surface area contributed by atoms with E-state index in [0.29, 0.717) is 6.04 Å². The maximum Gasteiger partial charge on any atom is 0.0596 e. The number of hydrogen-bond donors (Lipinski definition) is 2. The molecule has 2 rings (SSSR count). The van der Waals surface area contributed by atoms with E-state index in [4.69, 9.17) is 0 Å². The Kier molecular flexibility index (Phi) is 4.43. The van der Waals surface area contributed by atoms with Gasteiger partial charge < -0.3 is 10.6 Å². The number of thiophene rings is 1. The third-order valence-corrected chi connectivity index (χ3v) is 5.17. The molecule has 0 saturated carbocycles. The molecular formula is C14H25N3S. The molecule has 0 aromatic carbocycles. The average Bonchev–Trinajstić information content (AvgIpc) is 2.78. The van der Waals surface area contributed by atoms with Crippen molar-refractivity contribution in [1.82, 2.24) is 15.5 Å². The van der Waals surface area contributed by atoms with E-state index in [1.807, 2.05) is 11.3 Å². The average molecular weight is 267 g/mol. The largest absolute Gasteiger partial charge is 0.314 e. The van der Waals surface area contributed by atoms with Crippen molar-refractivity contribution in [1.29, 1.82) is 0 Å². The van der Waals surface area contributed by atoms with E-state index in [1.165, 1.54) is 10.4 Å². The number of nitrogens with zero attached hydrogens (tertiary/aromatic N) is 1. The van der Waals surface area contributed by atoms with Crippen molar-refractivity contribution >= 4 is 11.3 Å².